The van der Waals surface area contributed by atoms with Crippen LogP contribution in [0.3, 0.4) is 0 Å². The van der Waals surface area contributed by atoms with Gasteiger partial charge in [0.1, 0.15) is 0 Å². The lowest BCUT2D eigenvalue weighted by Crippen LogP contribution is -2.51. The van der Waals surface area contributed by atoms with Gasteiger partial charge in [-0.2, -0.15) is 0 Å². The topological polar surface area (TPSA) is 102 Å². The Morgan fingerprint density at radius 1 is 0.607 bits per heavy atom. The first-order valence-electron chi connectivity index (χ1n) is 11.5. The summed E-state index contributed by atoms with van der Waals surface area (Å²) < 4.78 is 23.0. The first-order valence-corrected chi connectivity index (χ1v) is 11.5. The van der Waals surface area contributed by atoms with Gasteiger partial charge < -0.3 is 30.4 Å². The van der Waals surface area contributed by atoms with E-state index in [1.54, 1.807) is 0 Å². The van der Waals surface area contributed by atoms with Gasteiger partial charge in [0.05, 0.1) is 50.8 Å². The van der Waals surface area contributed by atoms with Crippen molar-refractivity contribution in [2.75, 3.05) is 39.5 Å². The van der Waals surface area contributed by atoms with Crippen molar-refractivity contribution >= 4 is 0 Å². The molecule has 1 saturated carbocycles. The number of epoxide rings is 4. The van der Waals surface area contributed by atoms with Crippen LogP contribution in [-0.2, 0) is 18.9 Å². The molecule has 0 radical (unpaired) electrons. The molecule has 0 aromatic heterocycles. The third kappa shape index (κ3) is 4.42. The average molecular weight is 395 g/mol. The molecular weight excluding hydrogens is 356 g/mol. The SMILES string of the molecule is NCCC1CC(CCN)C(CC2CO2)(CC2CO2)CC1(CC1CO1)CC1CO1. The Balaban J connectivity index is 1.47. The van der Waals surface area contributed by atoms with Gasteiger partial charge in [0, 0.05) is 0 Å². The van der Waals surface area contributed by atoms with Crippen LogP contribution in [0.5, 0.6) is 0 Å². The van der Waals surface area contributed by atoms with E-state index >= 15 is 0 Å². The molecular formula is C22H38N2O4. The Labute approximate surface area is 169 Å². The van der Waals surface area contributed by atoms with Gasteiger partial charge in [0.25, 0.3) is 0 Å². The van der Waals surface area contributed by atoms with E-state index in [9.17, 15) is 0 Å². The molecule has 6 heteroatoms. The zero-order chi connectivity index (χ0) is 19.2. The highest BCUT2D eigenvalue weighted by atomic mass is 16.6. The Bertz CT molecular complexity index is 469. The van der Waals surface area contributed by atoms with Crippen LogP contribution < -0.4 is 11.5 Å². The smallest absolute Gasteiger partial charge is 0.0815 e. The molecule has 0 spiro atoms. The number of hydrogen-bond acceptors (Lipinski definition) is 6. The molecule has 5 aliphatic rings. The number of hydrogen-bond donors (Lipinski definition) is 2. The summed E-state index contributed by atoms with van der Waals surface area (Å²) in [7, 11) is 0. The lowest BCUT2D eigenvalue weighted by atomic mass is 9.47. The minimum absolute atomic E-state index is 0.274. The van der Waals surface area contributed by atoms with Gasteiger partial charge in [-0.05, 0) is 87.1 Å². The molecule has 6 nitrogen and oxygen atoms in total. The minimum Gasteiger partial charge on any atom is -0.373 e. The van der Waals surface area contributed by atoms with Crippen molar-refractivity contribution in [3.8, 4) is 0 Å². The zero-order valence-corrected chi connectivity index (χ0v) is 17.2. The van der Waals surface area contributed by atoms with E-state index in [-0.39, 0.29) is 10.8 Å². The molecule has 0 aromatic rings. The molecule has 6 atom stereocenters. The Kier molecular flexibility index (Phi) is 5.48. The summed E-state index contributed by atoms with van der Waals surface area (Å²) >= 11 is 0. The normalized spacial score (nSPS) is 49.1. The molecule has 1 aliphatic carbocycles. The summed E-state index contributed by atoms with van der Waals surface area (Å²) in [5.74, 6) is 1.30. The fourth-order valence-corrected chi connectivity index (χ4v) is 6.76. The van der Waals surface area contributed by atoms with E-state index in [4.69, 9.17) is 30.4 Å². The second-order valence-corrected chi connectivity index (χ2v) is 10.3. The highest BCUT2D eigenvalue weighted by molar-refractivity contribution is 5.08. The molecule has 5 rings (SSSR count). The van der Waals surface area contributed by atoms with Crippen LogP contribution in [0.1, 0.15) is 51.4 Å². The van der Waals surface area contributed by atoms with Crippen molar-refractivity contribution in [3.63, 3.8) is 0 Å². The maximum atomic E-state index is 6.11. The summed E-state index contributed by atoms with van der Waals surface area (Å²) in [4.78, 5) is 0. The second-order valence-electron chi connectivity index (χ2n) is 10.3. The highest BCUT2D eigenvalue weighted by Gasteiger charge is 2.59. The number of ether oxygens (including phenoxy) is 4. The maximum absolute atomic E-state index is 6.11. The van der Waals surface area contributed by atoms with E-state index in [0.717, 1.165) is 52.4 Å². The summed E-state index contributed by atoms with van der Waals surface area (Å²) in [5.41, 5.74) is 12.8. The zero-order valence-electron chi connectivity index (χ0n) is 17.2. The van der Waals surface area contributed by atoms with Crippen molar-refractivity contribution in [1.29, 1.82) is 0 Å². The fraction of sp³-hybridized carbons (Fsp3) is 1.00. The second kappa shape index (κ2) is 7.78. The highest BCUT2D eigenvalue weighted by Crippen LogP contribution is 2.64. The van der Waals surface area contributed by atoms with Gasteiger partial charge in [-0.25, -0.2) is 0 Å². The van der Waals surface area contributed by atoms with Crippen LogP contribution in [-0.4, -0.2) is 63.9 Å². The molecule has 4 aliphatic heterocycles. The van der Waals surface area contributed by atoms with E-state index < -0.39 is 0 Å². The van der Waals surface area contributed by atoms with E-state index in [0.29, 0.717) is 36.3 Å². The molecule has 0 bridgehead atoms. The summed E-state index contributed by atoms with van der Waals surface area (Å²) in [6, 6.07) is 0. The molecule has 6 unspecified atom stereocenters. The van der Waals surface area contributed by atoms with Crippen LogP contribution in [0.25, 0.3) is 0 Å². The minimum atomic E-state index is 0.274. The Morgan fingerprint density at radius 3 is 1.18 bits per heavy atom. The van der Waals surface area contributed by atoms with E-state index in [1.807, 2.05) is 0 Å². The van der Waals surface area contributed by atoms with Crippen molar-refractivity contribution in [3.05, 3.63) is 0 Å². The summed E-state index contributed by atoms with van der Waals surface area (Å²) in [6.45, 7) is 5.25. The summed E-state index contributed by atoms with van der Waals surface area (Å²) in [5, 5.41) is 0. The van der Waals surface area contributed by atoms with E-state index in [1.165, 1.54) is 38.5 Å². The predicted molar refractivity (Wildman–Crippen MR) is 106 cm³/mol. The van der Waals surface area contributed by atoms with Crippen LogP contribution in [0.2, 0.25) is 0 Å². The van der Waals surface area contributed by atoms with Crippen molar-refractivity contribution in [2.24, 2.45) is 34.1 Å². The molecule has 5 fully saturated rings. The Morgan fingerprint density at radius 2 is 0.929 bits per heavy atom. The first kappa shape index (κ1) is 19.7. The van der Waals surface area contributed by atoms with Crippen LogP contribution in [0.15, 0.2) is 0 Å². The van der Waals surface area contributed by atoms with Gasteiger partial charge >= 0.3 is 0 Å². The fourth-order valence-electron chi connectivity index (χ4n) is 6.76. The molecule has 4 heterocycles. The van der Waals surface area contributed by atoms with Crippen molar-refractivity contribution in [1.82, 2.24) is 0 Å². The molecule has 28 heavy (non-hydrogen) atoms. The molecule has 4 N–H and O–H groups in total. The molecule has 160 valence electrons. The summed E-state index contributed by atoms with van der Waals surface area (Å²) in [6.07, 6.45) is 11.2. The van der Waals surface area contributed by atoms with Crippen molar-refractivity contribution < 1.29 is 18.9 Å². The molecule has 0 amide bonds. The monoisotopic (exact) mass is 394 g/mol. The van der Waals surface area contributed by atoms with E-state index in [2.05, 4.69) is 0 Å². The predicted octanol–water partition coefficient (Wildman–Crippen LogP) is 1.84. The third-order valence-electron chi connectivity index (χ3n) is 8.18. The van der Waals surface area contributed by atoms with Crippen LogP contribution in [0.4, 0.5) is 0 Å². The van der Waals surface area contributed by atoms with Gasteiger partial charge in [0.15, 0.2) is 0 Å². The van der Waals surface area contributed by atoms with Gasteiger partial charge in [-0.1, -0.05) is 0 Å². The molecule has 4 saturated heterocycles. The average Bonchev–Trinajstić information content (AvgIpc) is 3.50. The maximum Gasteiger partial charge on any atom is 0.0815 e. The number of nitrogens with two attached hydrogens (primary N) is 2. The van der Waals surface area contributed by atoms with Crippen molar-refractivity contribution in [2.45, 2.75) is 75.8 Å². The molecule has 0 aromatic carbocycles. The Hall–Kier alpha value is -0.240. The number of rotatable bonds is 12. The van der Waals surface area contributed by atoms with Gasteiger partial charge in [-0.15, -0.1) is 0 Å². The van der Waals surface area contributed by atoms with Gasteiger partial charge in [0.2, 0.25) is 0 Å². The standard InChI is InChI=1S/C22H38N2O4/c23-3-1-15-5-16(2-4-24)22(8-19-12-27-19,9-20-13-28-20)14-21(15,6-17-10-25-17)7-18-11-26-18/h15-20H,1-14,23-24H2. The van der Waals surface area contributed by atoms with Crippen LogP contribution >= 0.6 is 0 Å². The lowest BCUT2D eigenvalue weighted by molar-refractivity contribution is -0.0822. The first-order chi connectivity index (χ1) is 13.6. The quantitative estimate of drug-likeness (QED) is 0.490. The largest absolute Gasteiger partial charge is 0.373 e. The van der Waals surface area contributed by atoms with Gasteiger partial charge in [-0.3, -0.25) is 0 Å². The lowest BCUT2D eigenvalue weighted by Gasteiger charge is -2.57. The third-order valence-corrected chi connectivity index (χ3v) is 8.18. The van der Waals surface area contributed by atoms with Crippen LogP contribution in [0, 0.1) is 22.7 Å².